The summed E-state index contributed by atoms with van der Waals surface area (Å²) < 4.78 is 16.3. The van der Waals surface area contributed by atoms with Gasteiger partial charge in [-0.15, -0.1) is 0 Å². The van der Waals surface area contributed by atoms with Crippen LogP contribution in [0.3, 0.4) is 0 Å². The van der Waals surface area contributed by atoms with Gasteiger partial charge < -0.3 is 19.0 Å². The van der Waals surface area contributed by atoms with E-state index >= 15 is 0 Å². The average Bonchev–Trinajstić information content (AvgIpc) is 2.43. The highest BCUT2D eigenvalue weighted by Crippen LogP contribution is 2.43. The molecule has 0 radical (unpaired) electrons. The van der Waals surface area contributed by atoms with Crippen molar-refractivity contribution >= 4 is 6.29 Å². The first-order chi connectivity index (χ1) is 9.10. The van der Waals surface area contributed by atoms with Gasteiger partial charge in [0.2, 0.25) is 0 Å². The minimum absolute atomic E-state index is 0.198. The molecule has 0 aliphatic heterocycles. The molecule has 0 amide bonds. The number of hydrogen-bond acceptors (Lipinski definition) is 4. The second-order valence-electron chi connectivity index (χ2n) is 4.50. The van der Waals surface area contributed by atoms with Gasteiger partial charge in [-0.3, -0.25) is 0 Å². The van der Waals surface area contributed by atoms with E-state index in [9.17, 15) is 4.79 Å². The molecule has 0 heterocycles. The predicted molar refractivity (Wildman–Crippen MR) is 74.5 cm³/mol. The van der Waals surface area contributed by atoms with Gasteiger partial charge in [-0.25, -0.2) is 0 Å². The molecule has 0 spiro atoms. The Morgan fingerprint density at radius 1 is 1.16 bits per heavy atom. The maximum atomic E-state index is 10.5. The Bertz CT molecular complexity index is 440. The average molecular weight is 266 g/mol. The number of hydrogen-bond donors (Lipinski definition) is 0. The molecule has 4 heteroatoms. The van der Waals surface area contributed by atoms with E-state index in [2.05, 4.69) is 6.92 Å². The van der Waals surface area contributed by atoms with Crippen LogP contribution in [-0.4, -0.2) is 27.6 Å². The summed E-state index contributed by atoms with van der Waals surface area (Å²) in [5, 5.41) is 0. The van der Waals surface area contributed by atoms with Crippen molar-refractivity contribution < 1.29 is 19.0 Å². The van der Waals surface area contributed by atoms with Crippen LogP contribution in [0, 0.1) is 6.92 Å². The van der Waals surface area contributed by atoms with Crippen molar-refractivity contribution in [3.63, 3.8) is 0 Å². The van der Waals surface area contributed by atoms with Gasteiger partial charge >= 0.3 is 0 Å². The molecule has 1 aromatic carbocycles. The number of aldehydes is 1. The van der Waals surface area contributed by atoms with E-state index in [4.69, 9.17) is 14.2 Å². The molecular weight excluding hydrogens is 244 g/mol. The zero-order chi connectivity index (χ0) is 14.4. The number of rotatable bonds is 7. The van der Waals surface area contributed by atoms with Gasteiger partial charge in [-0.2, -0.15) is 0 Å². The summed E-state index contributed by atoms with van der Waals surface area (Å²) >= 11 is 0. The Labute approximate surface area is 114 Å². The summed E-state index contributed by atoms with van der Waals surface area (Å²) in [7, 11) is 4.87. The molecule has 0 unspecified atom stereocenters. The van der Waals surface area contributed by atoms with Crippen LogP contribution in [0.25, 0.3) is 0 Å². The normalized spacial score (nSPS) is 11.8. The molecule has 0 aliphatic rings. The van der Waals surface area contributed by atoms with Gasteiger partial charge in [0.05, 0.1) is 21.3 Å². The summed E-state index contributed by atoms with van der Waals surface area (Å²) in [6.07, 6.45) is 2.24. The summed E-state index contributed by atoms with van der Waals surface area (Å²) in [6, 6.07) is 1.96. The first kappa shape index (κ1) is 15.3. The van der Waals surface area contributed by atoms with E-state index in [-0.39, 0.29) is 5.92 Å². The lowest BCUT2D eigenvalue weighted by atomic mass is 9.93. The predicted octanol–water partition coefficient (Wildman–Crippen LogP) is 3.10. The molecule has 1 atom stereocenters. The van der Waals surface area contributed by atoms with Crippen LogP contribution in [0.5, 0.6) is 17.2 Å². The Hall–Kier alpha value is -1.71. The number of methoxy groups -OCH3 is 3. The Morgan fingerprint density at radius 3 is 2.26 bits per heavy atom. The topological polar surface area (TPSA) is 44.8 Å². The Balaban J connectivity index is 3.31. The van der Waals surface area contributed by atoms with Crippen LogP contribution in [0.1, 0.15) is 36.8 Å². The summed E-state index contributed by atoms with van der Waals surface area (Å²) in [4.78, 5) is 10.5. The molecule has 0 aromatic heterocycles. The largest absolute Gasteiger partial charge is 0.496 e. The lowest BCUT2D eigenvalue weighted by Crippen LogP contribution is -2.04. The highest BCUT2D eigenvalue weighted by Gasteiger charge is 2.21. The van der Waals surface area contributed by atoms with Crippen molar-refractivity contribution in [1.82, 2.24) is 0 Å². The molecule has 0 saturated heterocycles. The quantitative estimate of drug-likeness (QED) is 0.711. The monoisotopic (exact) mass is 266 g/mol. The van der Waals surface area contributed by atoms with Crippen LogP contribution < -0.4 is 14.2 Å². The molecule has 1 aromatic rings. The summed E-state index contributed by atoms with van der Waals surface area (Å²) in [5.41, 5.74) is 1.91. The molecule has 0 N–H and O–H groups in total. The maximum absolute atomic E-state index is 10.5. The standard InChI is InChI=1S/C15H22O4/c1-10(7-6-8-16)12-9-13(17-3)11(2)14(18-4)15(12)19-5/h8-10H,6-7H2,1-5H3/t10-/m0/s1. The van der Waals surface area contributed by atoms with E-state index in [0.717, 1.165) is 35.3 Å². The fourth-order valence-electron chi connectivity index (χ4n) is 2.24. The number of ether oxygens (including phenoxy) is 3. The second kappa shape index (κ2) is 7.02. The van der Waals surface area contributed by atoms with Crippen molar-refractivity contribution in [2.75, 3.05) is 21.3 Å². The van der Waals surface area contributed by atoms with Crippen LogP contribution in [0.2, 0.25) is 0 Å². The van der Waals surface area contributed by atoms with E-state index in [0.29, 0.717) is 12.2 Å². The molecule has 4 nitrogen and oxygen atoms in total. The van der Waals surface area contributed by atoms with Crippen LogP contribution in [-0.2, 0) is 4.79 Å². The number of carbonyl (C=O) groups is 1. The SMILES string of the molecule is COc1cc([C@@H](C)CCC=O)c(OC)c(OC)c1C. The third kappa shape index (κ3) is 3.19. The number of benzene rings is 1. The van der Waals surface area contributed by atoms with Crippen molar-refractivity contribution in [2.24, 2.45) is 0 Å². The van der Waals surface area contributed by atoms with E-state index < -0.39 is 0 Å². The maximum Gasteiger partial charge on any atom is 0.167 e. The van der Waals surface area contributed by atoms with Crippen LogP contribution >= 0.6 is 0 Å². The molecule has 0 fully saturated rings. The lowest BCUT2D eigenvalue weighted by molar-refractivity contribution is -0.108. The summed E-state index contributed by atoms with van der Waals surface area (Å²) in [6.45, 7) is 4.00. The molecule has 0 aliphatic carbocycles. The molecule has 106 valence electrons. The van der Waals surface area contributed by atoms with E-state index in [1.165, 1.54) is 0 Å². The highest BCUT2D eigenvalue weighted by atomic mass is 16.5. The Kier molecular flexibility index (Phi) is 5.67. The van der Waals surface area contributed by atoms with Gasteiger partial charge in [-0.05, 0) is 25.3 Å². The number of carbonyl (C=O) groups excluding carboxylic acids is 1. The second-order valence-corrected chi connectivity index (χ2v) is 4.50. The van der Waals surface area contributed by atoms with E-state index in [1.54, 1.807) is 21.3 Å². The third-order valence-corrected chi connectivity index (χ3v) is 3.34. The fourth-order valence-corrected chi connectivity index (χ4v) is 2.24. The van der Waals surface area contributed by atoms with E-state index in [1.807, 2.05) is 13.0 Å². The van der Waals surface area contributed by atoms with Gasteiger partial charge in [0.1, 0.15) is 12.0 Å². The highest BCUT2D eigenvalue weighted by molar-refractivity contribution is 5.59. The third-order valence-electron chi connectivity index (χ3n) is 3.34. The molecule has 0 bridgehead atoms. The van der Waals surface area contributed by atoms with Gasteiger partial charge in [-0.1, -0.05) is 6.92 Å². The fraction of sp³-hybridized carbons (Fsp3) is 0.533. The lowest BCUT2D eigenvalue weighted by Gasteiger charge is -2.21. The zero-order valence-corrected chi connectivity index (χ0v) is 12.3. The minimum Gasteiger partial charge on any atom is -0.496 e. The molecular formula is C15H22O4. The molecule has 19 heavy (non-hydrogen) atoms. The van der Waals surface area contributed by atoms with Crippen molar-refractivity contribution in [3.05, 3.63) is 17.2 Å². The van der Waals surface area contributed by atoms with Crippen molar-refractivity contribution in [3.8, 4) is 17.2 Å². The molecule has 0 saturated carbocycles. The zero-order valence-electron chi connectivity index (χ0n) is 12.3. The Morgan fingerprint density at radius 2 is 1.79 bits per heavy atom. The van der Waals surface area contributed by atoms with Crippen LogP contribution in [0.4, 0.5) is 0 Å². The van der Waals surface area contributed by atoms with Gasteiger partial charge in [0, 0.05) is 17.5 Å². The van der Waals surface area contributed by atoms with Crippen molar-refractivity contribution in [2.45, 2.75) is 32.6 Å². The smallest absolute Gasteiger partial charge is 0.167 e. The van der Waals surface area contributed by atoms with Crippen LogP contribution in [0.15, 0.2) is 6.07 Å². The van der Waals surface area contributed by atoms with Crippen molar-refractivity contribution in [1.29, 1.82) is 0 Å². The molecule has 1 rings (SSSR count). The van der Waals surface area contributed by atoms with Gasteiger partial charge in [0.25, 0.3) is 0 Å². The van der Waals surface area contributed by atoms with Gasteiger partial charge in [0.15, 0.2) is 11.5 Å². The summed E-state index contributed by atoms with van der Waals surface area (Å²) in [5.74, 6) is 2.38. The first-order valence-corrected chi connectivity index (χ1v) is 6.33. The first-order valence-electron chi connectivity index (χ1n) is 6.33. The minimum atomic E-state index is 0.198.